The molecule has 0 aliphatic heterocycles. The molecular weight excluding hydrogens is 180 g/mol. The number of hydrogen-bond acceptors (Lipinski definition) is 0. The monoisotopic (exact) mass is 200 g/mol. The summed E-state index contributed by atoms with van der Waals surface area (Å²) in [5.41, 5.74) is 3.91. The molecule has 0 saturated heterocycles. The molecule has 15 heavy (non-hydrogen) atoms. The molecule has 0 radical (unpaired) electrons. The van der Waals surface area contributed by atoms with Crippen molar-refractivity contribution in [3.8, 4) is 0 Å². The zero-order valence-corrected chi connectivity index (χ0v) is 10.2. The van der Waals surface area contributed by atoms with Gasteiger partial charge in [-0.1, -0.05) is 56.9 Å². The molecule has 0 spiro atoms. The Bertz CT molecular complexity index is 371. The lowest BCUT2D eigenvalue weighted by atomic mass is 9.93. The Morgan fingerprint density at radius 1 is 1.27 bits per heavy atom. The third-order valence-corrected chi connectivity index (χ3v) is 2.71. The van der Waals surface area contributed by atoms with Gasteiger partial charge in [0.05, 0.1) is 0 Å². The van der Waals surface area contributed by atoms with E-state index in [0.717, 1.165) is 0 Å². The first kappa shape index (κ1) is 11.8. The van der Waals surface area contributed by atoms with Gasteiger partial charge >= 0.3 is 0 Å². The minimum atomic E-state index is 0.142. The summed E-state index contributed by atoms with van der Waals surface area (Å²) in [4.78, 5) is 0. The Labute approximate surface area is 93.4 Å². The highest BCUT2D eigenvalue weighted by Gasteiger charge is 2.13. The fourth-order valence-electron chi connectivity index (χ4n) is 1.62. The van der Waals surface area contributed by atoms with Crippen LogP contribution in [-0.2, 0) is 0 Å². The van der Waals surface area contributed by atoms with Crippen LogP contribution >= 0.6 is 0 Å². The molecule has 0 unspecified atom stereocenters. The van der Waals surface area contributed by atoms with Crippen LogP contribution in [0.15, 0.2) is 59.8 Å². The van der Waals surface area contributed by atoms with Crippen molar-refractivity contribution >= 4 is 0 Å². The molecule has 0 aromatic carbocycles. The van der Waals surface area contributed by atoms with E-state index in [1.807, 2.05) is 13.0 Å². The van der Waals surface area contributed by atoms with Crippen molar-refractivity contribution in [2.24, 2.45) is 5.41 Å². The van der Waals surface area contributed by atoms with Crippen LogP contribution < -0.4 is 0 Å². The highest BCUT2D eigenvalue weighted by atomic mass is 14.2. The van der Waals surface area contributed by atoms with Gasteiger partial charge < -0.3 is 0 Å². The van der Waals surface area contributed by atoms with E-state index >= 15 is 0 Å². The third kappa shape index (κ3) is 2.82. The van der Waals surface area contributed by atoms with E-state index in [4.69, 9.17) is 0 Å². The summed E-state index contributed by atoms with van der Waals surface area (Å²) in [6, 6.07) is 0. The van der Waals surface area contributed by atoms with E-state index in [-0.39, 0.29) is 5.41 Å². The van der Waals surface area contributed by atoms with E-state index < -0.39 is 0 Å². The normalized spacial score (nSPS) is 20.4. The summed E-state index contributed by atoms with van der Waals surface area (Å²) >= 11 is 0. The second kappa shape index (κ2) is 4.48. The Kier molecular flexibility index (Phi) is 3.52. The SMILES string of the molecule is C=C/C(=C/C)C1=C(C)C=CC(C)(C)C=C1. The zero-order valence-electron chi connectivity index (χ0n) is 10.2. The maximum Gasteiger partial charge on any atom is 0.00110 e. The van der Waals surface area contributed by atoms with Crippen LogP contribution in [0.4, 0.5) is 0 Å². The first-order valence-corrected chi connectivity index (χ1v) is 5.38. The summed E-state index contributed by atoms with van der Waals surface area (Å²) < 4.78 is 0. The fourth-order valence-corrected chi connectivity index (χ4v) is 1.62. The summed E-state index contributed by atoms with van der Waals surface area (Å²) in [5.74, 6) is 0. The van der Waals surface area contributed by atoms with Crippen LogP contribution in [0.1, 0.15) is 27.7 Å². The quantitative estimate of drug-likeness (QED) is 0.572. The zero-order chi connectivity index (χ0) is 11.5. The van der Waals surface area contributed by atoms with E-state index in [2.05, 4.69) is 57.7 Å². The fraction of sp³-hybridized carbons (Fsp3) is 0.333. The molecular formula is C15H20. The highest BCUT2D eigenvalue weighted by molar-refractivity contribution is 5.52. The van der Waals surface area contributed by atoms with Gasteiger partial charge in [0, 0.05) is 5.41 Å². The molecule has 0 bridgehead atoms. The lowest BCUT2D eigenvalue weighted by Gasteiger charge is -2.12. The van der Waals surface area contributed by atoms with Gasteiger partial charge in [-0.3, -0.25) is 0 Å². The standard InChI is InChI=1S/C15H20/c1-6-13(7-2)14-9-11-15(4,5)10-8-12(14)3/h6-11H,1H2,2-5H3/b13-7-. The highest BCUT2D eigenvalue weighted by Crippen LogP contribution is 2.28. The van der Waals surface area contributed by atoms with Gasteiger partial charge in [0.15, 0.2) is 0 Å². The molecule has 0 aromatic rings. The van der Waals surface area contributed by atoms with Crippen LogP contribution in [0.25, 0.3) is 0 Å². The predicted molar refractivity (Wildman–Crippen MR) is 68.7 cm³/mol. The van der Waals surface area contributed by atoms with Gasteiger partial charge in [0.25, 0.3) is 0 Å². The van der Waals surface area contributed by atoms with Crippen molar-refractivity contribution < 1.29 is 0 Å². The number of hydrogen-bond donors (Lipinski definition) is 0. The topological polar surface area (TPSA) is 0 Å². The van der Waals surface area contributed by atoms with E-state index in [0.29, 0.717) is 0 Å². The van der Waals surface area contributed by atoms with Gasteiger partial charge in [0.2, 0.25) is 0 Å². The second-order valence-electron chi connectivity index (χ2n) is 4.53. The molecule has 0 saturated carbocycles. The molecule has 1 aliphatic carbocycles. The molecule has 0 heteroatoms. The Morgan fingerprint density at radius 3 is 2.40 bits per heavy atom. The molecule has 0 fully saturated rings. The molecule has 80 valence electrons. The van der Waals surface area contributed by atoms with Crippen molar-refractivity contribution in [1.82, 2.24) is 0 Å². The Balaban J connectivity index is 3.20. The van der Waals surface area contributed by atoms with Crippen LogP contribution in [0, 0.1) is 5.41 Å². The van der Waals surface area contributed by atoms with Crippen LogP contribution in [0.2, 0.25) is 0 Å². The van der Waals surface area contributed by atoms with E-state index in [1.165, 1.54) is 16.7 Å². The van der Waals surface area contributed by atoms with Crippen LogP contribution in [-0.4, -0.2) is 0 Å². The van der Waals surface area contributed by atoms with Gasteiger partial charge in [-0.15, -0.1) is 0 Å². The largest absolute Gasteiger partial charge is 0.0985 e. The summed E-state index contributed by atoms with van der Waals surface area (Å²) in [6.45, 7) is 12.5. The Hall–Kier alpha value is -1.30. The maximum absolute atomic E-state index is 3.85. The predicted octanol–water partition coefficient (Wildman–Crippen LogP) is 4.59. The Morgan fingerprint density at radius 2 is 1.87 bits per heavy atom. The van der Waals surface area contributed by atoms with Gasteiger partial charge in [-0.05, 0) is 30.6 Å². The molecule has 1 aliphatic rings. The summed E-state index contributed by atoms with van der Waals surface area (Å²) in [6.07, 6.45) is 12.9. The van der Waals surface area contributed by atoms with Crippen LogP contribution in [0.3, 0.4) is 0 Å². The number of rotatable bonds is 2. The minimum Gasteiger partial charge on any atom is -0.0985 e. The summed E-state index contributed by atoms with van der Waals surface area (Å²) in [5, 5.41) is 0. The van der Waals surface area contributed by atoms with Crippen LogP contribution in [0.5, 0.6) is 0 Å². The van der Waals surface area contributed by atoms with Crippen molar-refractivity contribution in [3.05, 3.63) is 59.8 Å². The molecule has 1 rings (SSSR count). The van der Waals surface area contributed by atoms with Gasteiger partial charge in [-0.25, -0.2) is 0 Å². The van der Waals surface area contributed by atoms with Crippen molar-refractivity contribution in [2.45, 2.75) is 27.7 Å². The lowest BCUT2D eigenvalue weighted by Crippen LogP contribution is -2.00. The average Bonchev–Trinajstić information content (AvgIpc) is 2.32. The van der Waals surface area contributed by atoms with Gasteiger partial charge in [0.1, 0.15) is 0 Å². The molecule has 0 N–H and O–H groups in total. The van der Waals surface area contributed by atoms with Crippen molar-refractivity contribution in [2.75, 3.05) is 0 Å². The molecule has 0 amide bonds. The third-order valence-electron chi connectivity index (χ3n) is 2.71. The molecule has 0 nitrogen and oxygen atoms in total. The molecule has 0 heterocycles. The van der Waals surface area contributed by atoms with E-state index in [9.17, 15) is 0 Å². The molecule has 0 atom stereocenters. The van der Waals surface area contributed by atoms with Crippen molar-refractivity contribution in [1.29, 1.82) is 0 Å². The smallest absolute Gasteiger partial charge is 0.00110 e. The molecule has 0 aromatic heterocycles. The number of allylic oxidation sites excluding steroid dienone is 9. The first-order chi connectivity index (χ1) is 7.00. The van der Waals surface area contributed by atoms with Crippen molar-refractivity contribution in [3.63, 3.8) is 0 Å². The van der Waals surface area contributed by atoms with E-state index in [1.54, 1.807) is 0 Å². The lowest BCUT2D eigenvalue weighted by molar-refractivity contribution is 0.626. The minimum absolute atomic E-state index is 0.142. The first-order valence-electron chi connectivity index (χ1n) is 5.38. The second-order valence-corrected chi connectivity index (χ2v) is 4.53. The average molecular weight is 200 g/mol. The maximum atomic E-state index is 3.85. The summed E-state index contributed by atoms with van der Waals surface area (Å²) in [7, 11) is 0. The van der Waals surface area contributed by atoms with Gasteiger partial charge in [-0.2, -0.15) is 0 Å².